The lowest BCUT2D eigenvalue weighted by molar-refractivity contribution is -0.140. The number of ether oxygens (including phenoxy) is 3. The first kappa shape index (κ1) is 36.8. The molecule has 13 nitrogen and oxygen atoms in total. The molecule has 13 heteroatoms. The smallest absolute Gasteiger partial charge is 0.410 e. The van der Waals surface area contributed by atoms with E-state index in [0.29, 0.717) is 58.5 Å². The molecule has 0 bridgehead atoms. The highest BCUT2D eigenvalue weighted by Gasteiger charge is 2.33. The third-order valence-electron chi connectivity index (χ3n) is 7.89. The first-order chi connectivity index (χ1) is 22.0. The highest BCUT2D eigenvalue weighted by atomic mass is 16.6. The number of piperidine rings is 1. The second-order valence-corrected chi connectivity index (χ2v) is 13.1. The van der Waals surface area contributed by atoms with E-state index in [2.05, 4.69) is 16.0 Å². The average Bonchev–Trinajstić information content (AvgIpc) is 3.00. The number of hydrogen-bond acceptors (Lipinski definition) is 8. The van der Waals surface area contributed by atoms with Crippen molar-refractivity contribution in [2.45, 2.75) is 53.1 Å². The summed E-state index contributed by atoms with van der Waals surface area (Å²) in [6.07, 6.45) is 1.40. The number of amides is 5. The van der Waals surface area contributed by atoms with Crippen molar-refractivity contribution < 1.29 is 38.2 Å². The Morgan fingerprint density at radius 1 is 0.957 bits per heavy atom. The van der Waals surface area contributed by atoms with Gasteiger partial charge in [0.2, 0.25) is 23.6 Å². The van der Waals surface area contributed by atoms with Crippen molar-refractivity contribution >= 4 is 29.7 Å². The fraction of sp³-hybridized carbons (Fsp3) is 0.667. The number of likely N-dealkylation sites (tertiary alicyclic amines) is 1. The molecule has 2 aliphatic heterocycles. The molecular weight excluding hydrogens is 594 g/mol. The van der Waals surface area contributed by atoms with Crippen LogP contribution in [0.3, 0.4) is 0 Å². The predicted molar refractivity (Wildman–Crippen MR) is 170 cm³/mol. The van der Waals surface area contributed by atoms with Crippen LogP contribution >= 0.6 is 0 Å². The number of fused-ring (bicyclic) bond motifs is 1. The van der Waals surface area contributed by atoms with Gasteiger partial charge in [-0.1, -0.05) is 51.1 Å². The quantitative estimate of drug-likeness (QED) is 0.422. The molecule has 0 unspecified atom stereocenters. The number of carbonyl (C=O) groups excluding carboxylic acids is 5. The van der Waals surface area contributed by atoms with Gasteiger partial charge in [0, 0.05) is 52.1 Å². The second-order valence-electron chi connectivity index (χ2n) is 13.1. The van der Waals surface area contributed by atoms with Gasteiger partial charge in [-0.3, -0.25) is 19.2 Å². The molecule has 2 saturated heterocycles. The van der Waals surface area contributed by atoms with Gasteiger partial charge in [0.1, 0.15) is 13.2 Å². The first-order valence-corrected chi connectivity index (χ1v) is 16.2. The average molecular weight is 646 g/mol. The minimum absolute atomic E-state index is 0.0151. The van der Waals surface area contributed by atoms with Crippen LogP contribution in [0.15, 0.2) is 30.3 Å². The number of carbonyl (C=O) groups is 5. The summed E-state index contributed by atoms with van der Waals surface area (Å²) < 4.78 is 16.5. The Bertz CT molecular complexity index is 1140. The van der Waals surface area contributed by atoms with E-state index in [0.717, 1.165) is 5.56 Å². The minimum atomic E-state index is -0.408. The van der Waals surface area contributed by atoms with Crippen LogP contribution in [0.25, 0.3) is 0 Å². The maximum Gasteiger partial charge on any atom is 0.410 e. The molecule has 0 radical (unpaired) electrons. The highest BCUT2D eigenvalue weighted by molar-refractivity contribution is 5.85. The fourth-order valence-corrected chi connectivity index (χ4v) is 5.49. The van der Waals surface area contributed by atoms with E-state index in [4.69, 9.17) is 14.2 Å². The molecule has 3 rings (SSSR count). The van der Waals surface area contributed by atoms with E-state index in [1.165, 1.54) is 4.90 Å². The summed E-state index contributed by atoms with van der Waals surface area (Å²) in [7, 11) is 0. The number of benzene rings is 1. The Kier molecular flexibility index (Phi) is 15.2. The van der Waals surface area contributed by atoms with Crippen molar-refractivity contribution in [1.29, 1.82) is 0 Å². The summed E-state index contributed by atoms with van der Waals surface area (Å²) in [5.74, 6) is -0.967. The van der Waals surface area contributed by atoms with Crippen molar-refractivity contribution in [2.75, 3.05) is 72.2 Å². The van der Waals surface area contributed by atoms with Gasteiger partial charge in [0.25, 0.3) is 0 Å². The highest BCUT2D eigenvalue weighted by Crippen LogP contribution is 2.29. The third-order valence-corrected chi connectivity index (χ3v) is 7.89. The molecular formula is C33H51N5O8. The van der Waals surface area contributed by atoms with E-state index in [1.54, 1.807) is 4.90 Å². The van der Waals surface area contributed by atoms with Crippen LogP contribution in [0, 0.1) is 17.3 Å². The lowest BCUT2D eigenvalue weighted by Crippen LogP contribution is -2.47. The first-order valence-electron chi connectivity index (χ1n) is 16.2. The van der Waals surface area contributed by atoms with Crippen LogP contribution in [0.1, 0.15) is 52.0 Å². The molecule has 5 amide bonds. The largest absolute Gasteiger partial charge is 0.445 e. The van der Waals surface area contributed by atoms with E-state index >= 15 is 0 Å². The molecule has 0 saturated carbocycles. The molecule has 0 aliphatic carbocycles. The number of nitrogens with zero attached hydrogens (tertiary/aromatic N) is 2. The SMILES string of the molecule is CC(C)(C)CC(=O)NCCN1CC(=O)NCC[C@H]2CN(C(=O)OCc3ccccc3)CC[C@H]2CC(=O)NCCOCCOCC1=O. The minimum Gasteiger partial charge on any atom is -0.445 e. The molecule has 0 aromatic heterocycles. The molecule has 1 aromatic rings. The molecule has 256 valence electrons. The zero-order valence-electron chi connectivity index (χ0n) is 27.5. The van der Waals surface area contributed by atoms with Crippen molar-refractivity contribution in [2.24, 2.45) is 17.3 Å². The molecule has 46 heavy (non-hydrogen) atoms. The van der Waals surface area contributed by atoms with Crippen LogP contribution in [-0.2, 0) is 40.0 Å². The molecule has 2 atom stereocenters. The summed E-state index contributed by atoms with van der Waals surface area (Å²) in [4.78, 5) is 66.9. The molecule has 3 N–H and O–H groups in total. The molecule has 1 aromatic carbocycles. The second kappa shape index (κ2) is 19.1. The molecule has 2 heterocycles. The van der Waals surface area contributed by atoms with Gasteiger partial charge in [-0.15, -0.1) is 0 Å². The lowest BCUT2D eigenvalue weighted by atomic mass is 9.81. The summed E-state index contributed by atoms with van der Waals surface area (Å²) >= 11 is 0. The zero-order chi connectivity index (χ0) is 33.4. The Balaban J connectivity index is 1.61. The van der Waals surface area contributed by atoms with Gasteiger partial charge in [-0.25, -0.2) is 4.79 Å². The summed E-state index contributed by atoms with van der Waals surface area (Å²) in [6, 6.07) is 9.46. The Hall–Kier alpha value is -3.71. The third kappa shape index (κ3) is 14.2. The van der Waals surface area contributed by atoms with Crippen molar-refractivity contribution in [3.8, 4) is 0 Å². The zero-order valence-corrected chi connectivity index (χ0v) is 27.5. The van der Waals surface area contributed by atoms with Crippen molar-refractivity contribution in [3.63, 3.8) is 0 Å². The summed E-state index contributed by atoms with van der Waals surface area (Å²) in [5, 5.41) is 8.61. The predicted octanol–water partition coefficient (Wildman–Crippen LogP) is 1.70. The monoisotopic (exact) mass is 645 g/mol. The van der Waals surface area contributed by atoms with Crippen LogP contribution in [0.2, 0.25) is 0 Å². The standard InChI is InChI=1S/C33H51N5O8/c1-33(2,3)20-29(40)35-12-15-37-22-30(41)34-11-9-27-21-38(32(43)46-23-25-7-5-4-6-8-25)14-10-26(27)19-28(39)36-13-16-44-17-18-45-24-31(37)42/h4-8,26-27H,9-24H2,1-3H3,(H,34,41)(H,35,40)(H,36,39)/t26-,27-/m0/s1. The van der Waals surface area contributed by atoms with Crippen LogP contribution < -0.4 is 16.0 Å². The molecule has 2 aliphatic rings. The lowest BCUT2D eigenvalue weighted by Gasteiger charge is -2.38. The Morgan fingerprint density at radius 3 is 2.46 bits per heavy atom. The van der Waals surface area contributed by atoms with E-state index in [-0.39, 0.29) is 86.9 Å². The summed E-state index contributed by atoms with van der Waals surface area (Å²) in [5.41, 5.74) is 0.724. The van der Waals surface area contributed by atoms with E-state index in [1.807, 2.05) is 51.1 Å². The number of hydrogen-bond donors (Lipinski definition) is 3. The van der Waals surface area contributed by atoms with Gasteiger partial charge >= 0.3 is 6.09 Å². The molecule has 2 fully saturated rings. The summed E-state index contributed by atoms with van der Waals surface area (Å²) in [6.45, 7) is 8.27. The normalized spacial score (nSPS) is 21.5. The van der Waals surface area contributed by atoms with Gasteiger partial charge in [0.15, 0.2) is 0 Å². The van der Waals surface area contributed by atoms with Crippen molar-refractivity contribution in [3.05, 3.63) is 35.9 Å². The van der Waals surface area contributed by atoms with Crippen LogP contribution in [0.5, 0.6) is 0 Å². The maximum absolute atomic E-state index is 13.0. The van der Waals surface area contributed by atoms with Gasteiger partial charge in [-0.2, -0.15) is 0 Å². The number of rotatable bonds is 6. The van der Waals surface area contributed by atoms with Gasteiger partial charge in [0.05, 0.1) is 26.4 Å². The fourth-order valence-electron chi connectivity index (χ4n) is 5.49. The van der Waals surface area contributed by atoms with Gasteiger partial charge < -0.3 is 40.0 Å². The topological polar surface area (TPSA) is 156 Å². The van der Waals surface area contributed by atoms with Crippen LogP contribution in [-0.4, -0.2) is 112 Å². The number of nitrogens with one attached hydrogen (secondary N) is 3. The van der Waals surface area contributed by atoms with Crippen LogP contribution in [0.4, 0.5) is 4.79 Å². The maximum atomic E-state index is 13.0. The Morgan fingerprint density at radius 2 is 1.70 bits per heavy atom. The Labute approximate surface area is 272 Å². The van der Waals surface area contributed by atoms with E-state index < -0.39 is 6.09 Å². The van der Waals surface area contributed by atoms with E-state index in [9.17, 15) is 24.0 Å². The molecule has 0 spiro atoms. The van der Waals surface area contributed by atoms with Crippen molar-refractivity contribution in [1.82, 2.24) is 25.8 Å². The van der Waals surface area contributed by atoms with Gasteiger partial charge in [-0.05, 0) is 35.7 Å².